The van der Waals surface area contributed by atoms with Gasteiger partial charge in [-0.05, 0) is 32.4 Å². The van der Waals surface area contributed by atoms with Crippen LogP contribution >= 0.6 is 0 Å². The molecule has 0 aliphatic carbocycles. The molecule has 19 heavy (non-hydrogen) atoms. The van der Waals surface area contributed by atoms with Crippen molar-refractivity contribution in [1.82, 2.24) is 15.1 Å². The summed E-state index contributed by atoms with van der Waals surface area (Å²) in [5.74, 6) is 0. The van der Waals surface area contributed by atoms with Crippen LogP contribution in [0.25, 0.3) is 0 Å². The fourth-order valence-corrected chi connectivity index (χ4v) is 3.31. The second-order valence-corrected chi connectivity index (χ2v) is 7.28. The molecule has 2 saturated heterocycles. The maximum Gasteiger partial charge on any atom is 0.0702 e. The molecule has 0 aromatic rings. The highest BCUT2D eigenvalue weighted by molar-refractivity contribution is 4.89. The topological polar surface area (TPSA) is 27.7 Å². The summed E-state index contributed by atoms with van der Waals surface area (Å²) in [6.07, 6.45) is 2.93. The Labute approximate surface area is 118 Å². The summed E-state index contributed by atoms with van der Waals surface area (Å²) >= 11 is 0. The Kier molecular flexibility index (Phi) is 5.23. The normalized spacial score (nSPS) is 32.7. The summed E-state index contributed by atoms with van der Waals surface area (Å²) in [5.41, 5.74) is 0.347. The van der Waals surface area contributed by atoms with Crippen molar-refractivity contribution < 1.29 is 4.74 Å². The van der Waals surface area contributed by atoms with Crippen molar-refractivity contribution in [3.05, 3.63) is 0 Å². The van der Waals surface area contributed by atoms with Crippen LogP contribution in [0.4, 0.5) is 0 Å². The van der Waals surface area contributed by atoms with E-state index in [0.717, 1.165) is 32.8 Å². The van der Waals surface area contributed by atoms with Gasteiger partial charge in [-0.15, -0.1) is 0 Å². The van der Waals surface area contributed by atoms with E-state index in [2.05, 4.69) is 43.1 Å². The first-order valence-corrected chi connectivity index (χ1v) is 7.67. The van der Waals surface area contributed by atoms with Gasteiger partial charge in [0, 0.05) is 45.4 Å². The van der Waals surface area contributed by atoms with Gasteiger partial charge in [0.05, 0.1) is 6.10 Å². The van der Waals surface area contributed by atoms with E-state index in [1.807, 2.05) is 0 Å². The molecule has 2 unspecified atom stereocenters. The maximum absolute atomic E-state index is 5.84. The first-order valence-electron chi connectivity index (χ1n) is 7.67. The molecule has 2 fully saturated rings. The zero-order valence-electron chi connectivity index (χ0n) is 13.1. The van der Waals surface area contributed by atoms with Crippen molar-refractivity contribution >= 4 is 0 Å². The fraction of sp³-hybridized carbons (Fsp3) is 1.00. The minimum Gasteiger partial charge on any atom is -0.377 e. The van der Waals surface area contributed by atoms with Crippen LogP contribution in [0, 0.1) is 5.41 Å². The van der Waals surface area contributed by atoms with Crippen LogP contribution in [-0.4, -0.2) is 75.4 Å². The van der Waals surface area contributed by atoms with Gasteiger partial charge in [-0.25, -0.2) is 0 Å². The number of rotatable bonds is 4. The van der Waals surface area contributed by atoms with Crippen molar-refractivity contribution in [2.24, 2.45) is 5.41 Å². The second-order valence-electron chi connectivity index (χ2n) is 7.28. The monoisotopic (exact) mass is 269 g/mol. The highest BCUT2D eigenvalue weighted by Gasteiger charge is 2.32. The fourth-order valence-electron chi connectivity index (χ4n) is 3.31. The summed E-state index contributed by atoms with van der Waals surface area (Å²) < 4.78 is 5.84. The predicted molar refractivity (Wildman–Crippen MR) is 79.5 cm³/mol. The number of hydrogen-bond acceptors (Lipinski definition) is 4. The Morgan fingerprint density at radius 2 is 2.16 bits per heavy atom. The number of nitrogens with one attached hydrogen (secondary N) is 1. The van der Waals surface area contributed by atoms with Crippen molar-refractivity contribution in [2.45, 2.75) is 38.8 Å². The molecule has 0 bridgehead atoms. The second kappa shape index (κ2) is 6.53. The number of likely N-dealkylation sites (N-methyl/N-ethyl adjacent to an activating group) is 1. The van der Waals surface area contributed by atoms with Gasteiger partial charge in [-0.1, -0.05) is 13.8 Å². The number of ether oxygens (including phenoxy) is 1. The Hall–Kier alpha value is -0.160. The highest BCUT2D eigenvalue weighted by atomic mass is 16.5. The minimum absolute atomic E-state index is 0.347. The molecule has 2 atom stereocenters. The van der Waals surface area contributed by atoms with Gasteiger partial charge in [0.1, 0.15) is 0 Å². The molecular weight excluding hydrogens is 238 g/mol. The number of hydrogen-bond donors (Lipinski definition) is 1. The third kappa shape index (κ3) is 4.71. The number of nitrogens with zero attached hydrogens (tertiary/aromatic N) is 2. The zero-order valence-corrected chi connectivity index (χ0v) is 13.1. The maximum atomic E-state index is 5.84. The predicted octanol–water partition coefficient (Wildman–Crippen LogP) is 1.03. The van der Waals surface area contributed by atoms with Gasteiger partial charge in [0.2, 0.25) is 0 Å². The van der Waals surface area contributed by atoms with Crippen LogP contribution in [0.3, 0.4) is 0 Å². The van der Waals surface area contributed by atoms with Gasteiger partial charge >= 0.3 is 0 Å². The molecule has 0 amide bonds. The average molecular weight is 269 g/mol. The summed E-state index contributed by atoms with van der Waals surface area (Å²) in [4.78, 5) is 4.96. The Morgan fingerprint density at radius 1 is 1.37 bits per heavy atom. The SMILES string of the molecule is CN(C)CC1CNCC(C)(C)CN1CC1CCCO1. The summed E-state index contributed by atoms with van der Waals surface area (Å²) in [5, 5.41) is 3.64. The summed E-state index contributed by atoms with van der Waals surface area (Å²) in [6.45, 7) is 11.3. The van der Waals surface area contributed by atoms with E-state index in [0.29, 0.717) is 17.6 Å². The first kappa shape index (κ1) is 15.2. The van der Waals surface area contributed by atoms with E-state index in [4.69, 9.17) is 4.74 Å². The van der Waals surface area contributed by atoms with E-state index in [1.165, 1.54) is 19.4 Å². The van der Waals surface area contributed by atoms with E-state index in [9.17, 15) is 0 Å². The molecule has 0 aromatic carbocycles. The molecule has 2 aliphatic rings. The average Bonchev–Trinajstić information content (AvgIpc) is 2.73. The van der Waals surface area contributed by atoms with E-state index >= 15 is 0 Å². The van der Waals surface area contributed by atoms with Gasteiger partial charge in [0.15, 0.2) is 0 Å². The first-order chi connectivity index (χ1) is 8.96. The summed E-state index contributed by atoms with van der Waals surface area (Å²) in [6, 6.07) is 0.598. The lowest BCUT2D eigenvalue weighted by atomic mass is 9.93. The van der Waals surface area contributed by atoms with Crippen LogP contribution in [0.2, 0.25) is 0 Å². The molecule has 0 aromatic heterocycles. The van der Waals surface area contributed by atoms with Crippen LogP contribution in [0.5, 0.6) is 0 Å². The van der Waals surface area contributed by atoms with Crippen molar-refractivity contribution in [3.8, 4) is 0 Å². The molecule has 4 heteroatoms. The Bertz CT molecular complexity index is 275. The summed E-state index contributed by atoms with van der Waals surface area (Å²) in [7, 11) is 4.33. The quantitative estimate of drug-likeness (QED) is 0.825. The molecule has 2 heterocycles. The Morgan fingerprint density at radius 3 is 2.79 bits per heavy atom. The van der Waals surface area contributed by atoms with Gasteiger partial charge in [-0.3, -0.25) is 4.90 Å². The molecule has 2 rings (SSSR count). The van der Waals surface area contributed by atoms with Crippen LogP contribution in [0.1, 0.15) is 26.7 Å². The van der Waals surface area contributed by atoms with E-state index in [-0.39, 0.29) is 0 Å². The lowest BCUT2D eigenvalue weighted by Gasteiger charge is -2.36. The Balaban J connectivity index is 2.00. The van der Waals surface area contributed by atoms with E-state index < -0.39 is 0 Å². The lowest BCUT2D eigenvalue weighted by molar-refractivity contribution is 0.0429. The standard InChI is InChI=1S/C15H31N3O/c1-15(2)11-16-8-13(9-17(3)4)18(12-15)10-14-6-5-7-19-14/h13-14,16H,5-12H2,1-4H3. The van der Waals surface area contributed by atoms with Gasteiger partial charge in [0.25, 0.3) is 0 Å². The molecule has 0 radical (unpaired) electrons. The molecule has 0 saturated carbocycles. The largest absolute Gasteiger partial charge is 0.377 e. The van der Waals surface area contributed by atoms with Crippen molar-refractivity contribution in [2.75, 3.05) is 53.4 Å². The smallest absolute Gasteiger partial charge is 0.0702 e. The molecule has 4 nitrogen and oxygen atoms in total. The zero-order chi connectivity index (χ0) is 13.9. The third-order valence-corrected chi connectivity index (χ3v) is 4.17. The third-order valence-electron chi connectivity index (χ3n) is 4.17. The minimum atomic E-state index is 0.347. The molecule has 1 N–H and O–H groups in total. The van der Waals surface area contributed by atoms with Crippen molar-refractivity contribution in [3.63, 3.8) is 0 Å². The lowest BCUT2D eigenvalue weighted by Crippen LogP contribution is -2.49. The van der Waals surface area contributed by atoms with Crippen LogP contribution < -0.4 is 5.32 Å². The molecule has 112 valence electrons. The highest BCUT2D eigenvalue weighted by Crippen LogP contribution is 2.23. The van der Waals surface area contributed by atoms with Crippen LogP contribution in [0.15, 0.2) is 0 Å². The van der Waals surface area contributed by atoms with Gasteiger partial charge < -0.3 is 15.0 Å². The van der Waals surface area contributed by atoms with E-state index in [1.54, 1.807) is 0 Å². The van der Waals surface area contributed by atoms with Crippen molar-refractivity contribution in [1.29, 1.82) is 0 Å². The van der Waals surface area contributed by atoms with Crippen LogP contribution in [-0.2, 0) is 4.74 Å². The molecular formula is C15H31N3O. The molecule has 0 spiro atoms. The molecule has 2 aliphatic heterocycles. The van der Waals surface area contributed by atoms with Gasteiger partial charge in [-0.2, -0.15) is 0 Å².